The number of hydrogen-bond acceptors (Lipinski definition) is 3. The van der Waals surface area contributed by atoms with Gasteiger partial charge in [0, 0.05) is 26.1 Å². The predicted molar refractivity (Wildman–Crippen MR) is 79.1 cm³/mol. The van der Waals surface area contributed by atoms with Gasteiger partial charge in [-0.15, -0.1) is 0 Å². The fourth-order valence-corrected chi connectivity index (χ4v) is 2.76. The molecule has 9 heteroatoms. The number of halogens is 5. The first-order valence-electron chi connectivity index (χ1n) is 7.09. The Morgan fingerprint density at radius 2 is 2.08 bits per heavy atom. The van der Waals surface area contributed by atoms with Crippen molar-refractivity contribution in [1.82, 2.24) is 14.9 Å². The maximum Gasteiger partial charge on any atom is 0.449 e. The van der Waals surface area contributed by atoms with E-state index in [1.165, 1.54) is 12.1 Å². The number of nitrogens with zero attached hydrogens (tertiary/aromatic N) is 2. The van der Waals surface area contributed by atoms with Gasteiger partial charge in [0.2, 0.25) is 5.82 Å². The normalized spacial score (nSPS) is 15.4. The van der Waals surface area contributed by atoms with E-state index in [2.05, 4.69) is 4.98 Å². The summed E-state index contributed by atoms with van der Waals surface area (Å²) in [5.74, 6) is -1.82. The lowest BCUT2D eigenvalue weighted by molar-refractivity contribution is -0.145. The Morgan fingerprint density at radius 1 is 1.33 bits per heavy atom. The van der Waals surface area contributed by atoms with Crippen LogP contribution in [0.3, 0.4) is 0 Å². The van der Waals surface area contributed by atoms with Gasteiger partial charge in [-0.05, 0) is 17.7 Å². The Hall–Kier alpha value is -1.93. The molecule has 3 rings (SSSR count). The molecule has 0 fully saturated rings. The average Bonchev–Trinajstić information content (AvgIpc) is 2.50. The molecule has 0 saturated heterocycles. The highest BCUT2D eigenvalue weighted by Gasteiger charge is 2.35. The summed E-state index contributed by atoms with van der Waals surface area (Å²) in [5, 5.41) is 0.0167. The zero-order chi connectivity index (χ0) is 17.5. The molecule has 1 aliphatic rings. The fraction of sp³-hybridized carbons (Fsp3) is 0.333. The molecular formula is C15H12ClF4N3O. The Labute approximate surface area is 139 Å². The van der Waals surface area contributed by atoms with Crippen LogP contribution in [0.5, 0.6) is 0 Å². The van der Waals surface area contributed by atoms with Crippen molar-refractivity contribution in [3.8, 4) is 0 Å². The van der Waals surface area contributed by atoms with E-state index in [1.807, 2.05) is 4.90 Å². The number of rotatable bonds is 2. The molecule has 1 N–H and O–H groups in total. The van der Waals surface area contributed by atoms with Gasteiger partial charge in [-0.1, -0.05) is 17.7 Å². The summed E-state index contributed by atoms with van der Waals surface area (Å²) in [4.78, 5) is 19.1. The van der Waals surface area contributed by atoms with Gasteiger partial charge >= 0.3 is 6.18 Å². The van der Waals surface area contributed by atoms with Gasteiger partial charge in [0.25, 0.3) is 5.56 Å². The molecule has 4 nitrogen and oxygen atoms in total. The van der Waals surface area contributed by atoms with Crippen molar-refractivity contribution in [2.75, 3.05) is 6.54 Å². The van der Waals surface area contributed by atoms with E-state index in [4.69, 9.17) is 11.6 Å². The van der Waals surface area contributed by atoms with Crippen molar-refractivity contribution in [1.29, 1.82) is 0 Å². The summed E-state index contributed by atoms with van der Waals surface area (Å²) in [6.07, 6.45) is -4.47. The first-order valence-corrected chi connectivity index (χ1v) is 7.47. The topological polar surface area (TPSA) is 49.0 Å². The minimum Gasteiger partial charge on any atom is -0.303 e. The van der Waals surface area contributed by atoms with Gasteiger partial charge in [0.1, 0.15) is 5.82 Å². The molecule has 0 unspecified atom stereocenters. The van der Waals surface area contributed by atoms with Crippen molar-refractivity contribution in [3.05, 3.63) is 62.0 Å². The van der Waals surface area contributed by atoms with Gasteiger partial charge in [0.05, 0.1) is 16.3 Å². The van der Waals surface area contributed by atoms with Crippen LogP contribution in [-0.4, -0.2) is 21.4 Å². The van der Waals surface area contributed by atoms with E-state index in [1.54, 1.807) is 11.1 Å². The first-order chi connectivity index (χ1) is 11.2. The van der Waals surface area contributed by atoms with E-state index in [0.29, 0.717) is 18.7 Å². The maximum atomic E-state index is 13.5. The number of fused-ring (bicyclic) bond motifs is 1. The highest BCUT2D eigenvalue weighted by atomic mass is 35.5. The molecular weight excluding hydrogens is 350 g/mol. The number of benzene rings is 1. The molecule has 2 aromatic rings. The van der Waals surface area contributed by atoms with E-state index in [-0.39, 0.29) is 29.2 Å². The van der Waals surface area contributed by atoms with Crippen LogP contribution in [-0.2, 0) is 25.7 Å². The molecule has 0 saturated carbocycles. The highest BCUT2D eigenvalue weighted by Crippen LogP contribution is 2.27. The predicted octanol–water partition coefficient (Wildman–Crippen LogP) is 3.14. The number of hydrogen-bond donors (Lipinski definition) is 1. The number of aromatic nitrogens is 2. The maximum absolute atomic E-state index is 13.5. The molecule has 0 atom stereocenters. The number of nitrogens with one attached hydrogen (secondary N) is 1. The first kappa shape index (κ1) is 16.9. The van der Waals surface area contributed by atoms with Crippen LogP contribution >= 0.6 is 11.6 Å². The quantitative estimate of drug-likeness (QED) is 0.836. The third-order valence-corrected chi connectivity index (χ3v) is 4.11. The molecule has 2 heterocycles. The Kier molecular flexibility index (Phi) is 4.35. The largest absolute Gasteiger partial charge is 0.449 e. The van der Waals surface area contributed by atoms with Crippen LogP contribution in [0.15, 0.2) is 23.0 Å². The monoisotopic (exact) mass is 361 g/mol. The molecule has 0 bridgehead atoms. The molecule has 1 aromatic carbocycles. The second kappa shape index (κ2) is 6.18. The van der Waals surface area contributed by atoms with Crippen molar-refractivity contribution in [3.63, 3.8) is 0 Å². The van der Waals surface area contributed by atoms with Gasteiger partial charge < -0.3 is 4.98 Å². The lowest BCUT2D eigenvalue weighted by Gasteiger charge is -2.27. The molecule has 1 aromatic heterocycles. The van der Waals surface area contributed by atoms with Gasteiger partial charge in [0.15, 0.2) is 0 Å². The van der Waals surface area contributed by atoms with Crippen LogP contribution in [0, 0.1) is 5.82 Å². The third kappa shape index (κ3) is 3.44. The van der Waals surface area contributed by atoms with Crippen molar-refractivity contribution in [2.45, 2.75) is 25.7 Å². The zero-order valence-electron chi connectivity index (χ0n) is 12.3. The van der Waals surface area contributed by atoms with Gasteiger partial charge in [-0.25, -0.2) is 9.37 Å². The summed E-state index contributed by atoms with van der Waals surface area (Å²) < 4.78 is 51.5. The van der Waals surface area contributed by atoms with Crippen LogP contribution in [0.25, 0.3) is 0 Å². The van der Waals surface area contributed by atoms with E-state index in [0.717, 1.165) is 0 Å². The zero-order valence-corrected chi connectivity index (χ0v) is 13.0. The summed E-state index contributed by atoms with van der Waals surface area (Å²) in [6, 6.07) is 4.40. The van der Waals surface area contributed by atoms with Gasteiger partial charge in [-0.2, -0.15) is 13.2 Å². The van der Waals surface area contributed by atoms with Gasteiger partial charge in [-0.3, -0.25) is 9.69 Å². The number of aromatic amines is 1. The molecule has 0 amide bonds. The third-order valence-electron chi connectivity index (χ3n) is 3.81. The molecule has 0 spiro atoms. The van der Waals surface area contributed by atoms with Crippen LogP contribution in [0.4, 0.5) is 17.6 Å². The molecule has 1 aliphatic heterocycles. The molecule has 0 radical (unpaired) electrons. The Morgan fingerprint density at radius 3 is 2.75 bits per heavy atom. The van der Waals surface area contributed by atoms with Crippen molar-refractivity contribution in [2.24, 2.45) is 0 Å². The Balaban J connectivity index is 1.82. The highest BCUT2D eigenvalue weighted by molar-refractivity contribution is 6.30. The smallest absolute Gasteiger partial charge is 0.303 e. The Bertz CT molecular complexity index is 834. The number of H-pyrrole nitrogens is 1. The van der Waals surface area contributed by atoms with Crippen molar-refractivity contribution < 1.29 is 17.6 Å². The van der Waals surface area contributed by atoms with E-state index >= 15 is 0 Å². The minimum atomic E-state index is -4.69. The van der Waals surface area contributed by atoms with Crippen LogP contribution in [0.2, 0.25) is 5.02 Å². The van der Waals surface area contributed by atoms with E-state index in [9.17, 15) is 22.4 Å². The molecule has 0 aliphatic carbocycles. The summed E-state index contributed by atoms with van der Waals surface area (Å²) >= 11 is 5.63. The van der Waals surface area contributed by atoms with E-state index < -0.39 is 23.4 Å². The summed E-state index contributed by atoms with van der Waals surface area (Å²) in [7, 11) is 0. The molecule has 24 heavy (non-hydrogen) atoms. The summed E-state index contributed by atoms with van der Waals surface area (Å²) in [6.45, 7) is 0.930. The fourth-order valence-electron chi connectivity index (χ4n) is 2.65. The summed E-state index contributed by atoms with van der Waals surface area (Å²) in [5.41, 5.74) is 0.240. The molecule has 128 valence electrons. The lowest BCUT2D eigenvalue weighted by Crippen LogP contribution is -2.36. The minimum absolute atomic E-state index is 0.0167. The number of alkyl halides is 3. The second-order valence-corrected chi connectivity index (χ2v) is 5.95. The average molecular weight is 362 g/mol. The second-order valence-electron chi connectivity index (χ2n) is 5.55. The standard InChI is InChI=1S/C15H12ClF4N3O/c16-10-2-1-8(5-11(10)17)6-23-4-3-12-9(7-23)13(24)22-14(21-12)15(18,19)20/h1-2,5H,3-4,6-7H2,(H,21,22,24). The SMILES string of the molecule is O=c1[nH]c(C(F)(F)F)nc2c1CN(Cc1ccc(Cl)c(F)c1)CC2. The van der Waals surface area contributed by atoms with Crippen LogP contribution in [0.1, 0.15) is 22.6 Å². The lowest BCUT2D eigenvalue weighted by atomic mass is 10.1. The van der Waals surface area contributed by atoms with Crippen LogP contribution < -0.4 is 5.56 Å². The van der Waals surface area contributed by atoms with Crippen molar-refractivity contribution >= 4 is 11.6 Å².